The summed E-state index contributed by atoms with van der Waals surface area (Å²) in [4.78, 5) is 4.54. The molecule has 2 aliphatic rings. The smallest absolute Gasteiger partial charge is 0.155 e. The Balaban J connectivity index is 1.65. The first-order chi connectivity index (χ1) is 12.6. The van der Waals surface area contributed by atoms with Crippen molar-refractivity contribution in [3.63, 3.8) is 0 Å². The molecule has 0 radical (unpaired) electrons. The van der Waals surface area contributed by atoms with Crippen LogP contribution in [0, 0.1) is 17.7 Å². The predicted molar refractivity (Wildman–Crippen MR) is 110 cm³/mol. The highest BCUT2D eigenvalue weighted by molar-refractivity contribution is 7.92. The van der Waals surface area contributed by atoms with Crippen LogP contribution in [0.4, 0.5) is 4.39 Å². The minimum Gasteiger partial charge on any atom is -0.279 e. The molecule has 6 heteroatoms. The van der Waals surface area contributed by atoms with E-state index in [1.165, 1.54) is 12.1 Å². The first kappa shape index (κ1) is 20.5. The largest absolute Gasteiger partial charge is 0.279 e. The molecule has 0 amide bonds. The van der Waals surface area contributed by atoms with Crippen molar-refractivity contribution >= 4 is 27.1 Å². The maximum absolute atomic E-state index is 13.5. The van der Waals surface area contributed by atoms with Crippen molar-refractivity contribution in [2.24, 2.45) is 16.8 Å². The fourth-order valence-electron chi connectivity index (χ4n) is 3.86. The molecule has 0 spiro atoms. The highest BCUT2D eigenvalue weighted by Crippen LogP contribution is 2.39. The van der Waals surface area contributed by atoms with Crippen LogP contribution in [0.3, 0.4) is 0 Å². The lowest BCUT2D eigenvalue weighted by molar-refractivity contribution is 0.319. The van der Waals surface area contributed by atoms with Crippen LogP contribution in [0.15, 0.2) is 39.9 Å². The topological polar surface area (TPSA) is 46.5 Å². The Morgan fingerprint density at radius 3 is 2.44 bits per heavy atom. The second-order valence-corrected chi connectivity index (χ2v) is 11.8. The van der Waals surface area contributed by atoms with Gasteiger partial charge in [-0.1, -0.05) is 23.7 Å². The second kappa shape index (κ2) is 7.67. The number of hydrogen-bond acceptors (Lipinski definition) is 3. The number of halogens is 2. The van der Waals surface area contributed by atoms with Gasteiger partial charge in [-0.25, -0.2) is 12.8 Å². The van der Waals surface area contributed by atoms with E-state index in [2.05, 4.69) is 4.99 Å². The van der Waals surface area contributed by atoms with E-state index >= 15 is 0 Å². The van der Waals surface area contributed by atoms with Gasteiger partial charge in [-0.3, -0.25) is 4.99 Å². The molecule has 0 aromatic heterocycles. The molecule has 0 atom stereocenters. The molecule has 1 heterocycles. The Morgan fingerprint density at radius 1 is 1.19 bits per heavy atom. The van der Waals surface area contributed by atoms with Crippen LogP contribution in [0.1, 0.15) is 52.0 Å². The van der Waals surface area contributed by atoms with Gasteiger partial charge in [0.1, 0.15) is 5.82 Å². The van der Waals surface area contributed by atoms with Gasteiger partial charge in [0.25, 0.3) is 0 Å². The molecule has 148 valence electrons. The summed E-state index contributed by atoms with van der Waals surface area (Å²) in [5, 5.41) is 0.645. The molecule has 1 aliphatic heterocycles. The molecule has 0 saturated heterocycles. The zero-order valence-corrected chi connectivity index (χ0v) is 17.7. The van der Waals surface area contributed by atoms with Crippen LogP contribution < -0.4 is 0 Å². The van der Waals surface area contributed by atoms with E-state index in [0.717, 1.165) is 31.3 Å². The van der Waals surface area contributed by atoms with Crippen molar-refractivity contribution < 1.29 is 12.8 Å². The lowest BCUT2D eigenvalue weighted by Crippen LogP contribution is -2.34. The lowest BCUT2D eigenvalue weighted by Gasteiger charge is -2.31. The van der Waals surface area contributed by atoms with E-state index in [0.29, 0.717) is 28.8 Å². The number of aliphatic imine (C=N–C) groups is 1. The standard InChI is InChI=1S/C21H27ClFNO2S/c1-21(2,3)27(25,26)13-14-7-9-15(10-8-14)18-12-24-20(19(18)22)16-5-4-6-17(23)11-16/h4-6,11,14-15H,7-10,12-13H2,1-3H3. The molecule has 1 saturated carbocycles. The summed E-state index contributed by atoms with van der Waals surface area (Å²) in [6.07, 6.45) is 3.65. The third-order valence-corrected chi connectivity index (χ3v) is 8.92. The van der Waals surface area contributed by atoms with Crippen molar-refractivity contribution in [1.29, 1.82) is 0 Å². The van der Waals surface area contributed by atoms with Gasteiger partial charge in [0.15, 0.2) is 9.84 Å². The summed E-state index contributed by atoms with van der Waals surface area (Å²) >= 11 is 6.60. The van der Waals surface area contributed by atoms with E-state index in [1.807, 2.05) is 6.07 Å². The molecular weight excluding hydrogens is 385 g/mol. The van der Waals surface area contributed by atoms with Crippen LogP contribution in [-0.2, 0) is 9.84 Å². The minimum atomic E-state index is -3.09. The van der Waals surface area contributed by atoms with Gasteiger partial charge in [-0.15, -0.1) is 0 Å². The highest BCUT2D eigenvalue weighted by atomic mass is 35.5. The lowest BCUT2D eigenvalue weighted by atomic mass is 9.79. The average molecular weight is 412 g/mol. The Hall–Kier alpha value is -1.20. The van der Waals surface area contributed by atoms with Gasteiger partial charge in [0.05, 0.1) is 27.8 Å². The Bertz CT molecular complexity index is 876. The molecule has 1 fully saturated rings. The van der Waals surface area contributed by atoms with Gasteiger partial charge in [0.2, 0.25) is 0 Å². The maximum atomic E-state index is 13.5. The van der Waals surface area contributed by atoms with Crippen LogP contribution in [0.2, 0.25) is 0 Å². The molecule has 3 nitrogen and oxygen atoms in total. The Labute approximate surface area is 166 Å². The van der Waals surface area contributed by atoms with Gasteiger partial charge in [0, 0.05) is 5.56 Å². The molecule has 3 rings (SSSR count). The summed E-state index contributed by atoms with van der Waals surface area (Å²) in [5.41, 5.74) is 2.50. The number of nitrogens with zero attached hydrogens (tertiary/aromatic N) is 1. The van der Waals surface area contributed by atoms with Crippen molar-refractivity contribution in [2.75, 3.05) is 12.3 Å². The quantitative estimate of drug-likeness (QED) is 0.688. The van der Waals surface area contributed by atoms with E-state index in [9.17, 15) is 12.8 Å². The first-order valence-electron chi connectivity index (χ1n) is 9.50. The molecule has 0 bridgehead atoms. The van der Waals surface area contributed by atoms with Gasteiger partial charge >= 0.3 is 0 Å². The van der Waals surface area contributed by atoms with Gasteiger partial charge in [-0.2, -0.15) is 0 Å². The Kier molecular flexibility index (Phi) is 5.83. The molecule has 1 aliphatic carbocycles. The van der Waals surface area contributed by atoms with Crippen LogP contribution in [0.5, 0.6) is 0 Å². The fraction of sp³-hybridized carbons (Fsp3) is 0.571. The van der Waals surface area contributed by atoms with Crippen LogP contribution in [-0.4, -0.2) is 31.2 Å². The average Bonchev–Trinajstić information content (AvgIpc) is 2.96. The monoisotopic (exact) mass is 411 g/mol. The fourth-order valence-corrected chi connectivity index (χ4v) is 5.69. The minimum absolute atomic E-state index is 0.217. The molecule has 0 unspecified atom stereocenters. The van der Waals surface area contributed by atoms with Gasteiger partial charge < -0.3 is 0 Å². The van der Waals surface area contributed by atoms with E-state index in [4.69, 9.17) is 11.6 Å². The third-order valence-electron chi connectivity index (χ3n) is 5.72. The molecule has 1 aromatic rings. The van der Waals surface area contributed by atoms with E-state index in [1.54, 1.807) is 26.8 Å². The third kappa shape index (κ3) is 4.45. The number of allylic oxidation sites excluding steroid dienone is 1. The van der Waals surface area contributed by atoms with Crippen molar-refractivity contribution in [1.82, 2.24) is 0 Å². The maximum Gasteiger partial charge on any atom is 0.155 e. The van der Waals surface area contributed by atoms with Crippen LogP contribution >= 0.6 is 11.6 Å². The number of hydrogen-bond donors (Lipinski definition) is 0. The summed E-state index contributed by atoms with van der Waals surface area (Å²) in [6.45, 7) is 5.85. The Morgan fingerprint density at radius 2 is 1.85 bits per heavy atom. The summed E-state index contributed by atoms with van der Waals surface area (Å²) in [7, 11) is -3.09. The van der Waals surface area contributed by atoms with E-state index < -0.39 is 14.6 Å². The summed E-state index contributed by atoms with van der Waals surface area (Å²) in [5.74, 6) is 0.519. The number of benzene rings is 1. The SMILES string of the molecule is CC(C)(C)S(=O)(=O)CC1CCC(C2=C(Cl)C(c3cccc(F)c3)=NC2)CC1. The van der Waals surface area contributed by atoms with Crippen molar-refractivity contribution in [2.45, 2.75) is 51.2 Å². The summed E-state index contributed by atoms with van der Waals surface area (Å²) in [6, 6.07) is 6.35. The zero-order chi connectivity index (χ0) is 19.8. The number of sulfone groups is 1. The van der Waals surface area contributed by atoms with Crippen molar-refractivity contribution in [3.8, 4) is 0 Å². The van der Waals surface area contributed by atoms with Gasteiger partial charge in [-0.05, 0) is 76.0 Å². The zero-order valence-electron chi connectivity index (χ0n) is 16.1. The molecular formula is C21H27ClFNO2S. The molecule has 27 heavy (non-hydrogen) atoms. The summed E-state index contributed by atoms with van der Waals surface area (Å²) < 4.78 is 37.7. The molecule has 0 N–H and O–H groups in total. The van der Waals surface area contributed by atoms with Crippen LogP contribution in [0.25, 0.3) is 0 Å². The second-order valence-electron chi connectivity index (χ2n) is 8.63. The number of rotatable bonds is 4. The van der Waals surface area contributed by atoms with Crippen molar-refractivity contribution in [3.05, 3.63) is 46.3 Å². The van der Waals surface area contributed by atoms with E-state index in [-0.39, 0.29) is 17.5 Å². The first-order valence-corrected chi connectivity index (χ1v) is 11.5. The predicted octanol–water partition coefficient (Wildman–Crippen LogP) is 5.14. The molecule has 1 aromatic carbocycles. The highest BCUT2D eigenvalue weighted by Gasteiger charge is 2.35. The normalized spacial score (nSPS) is 24.3.